The zero-order chi connectivity index (χ0) is 16.8. The van der Waals surface area contributed by atoms with Crippen LogP contribution in [-0.4, -0.2) is 49.2 Å². The summed E-state index contributed by atoms with van der Waals surface area (Å²) in [6, 6.07) is -0.532. The lowest BCUT2D eigenvalue weighted by atomic mass is 9.85. The van der Waals surface area contributed by atoms with Crippen molar-refractivity contribution in [3.8, 4) is 0 Å². The number of carbonyl (C=O) groups is 2. The second-order valence-electron chi connectivity index (χ2n) is 5.88. The van der Waals surface area contributed by atoms with Crippen molar-refractivity contribution >= 4 is 11.9 Å². The molecule has 2 N–H and O–H groups in total. The molecule has 22 heavy (non-hydrogen) atoms. The van der Waals surface area contributed by atoms with Gasteiger partial charge in [0, 0.05) is 13.1 Å². The van der Waals surface area contributed by atoms with Crippen molar-refractivity contribution in [1.29, 1.82) is 0 Å². The van der Waals surface area contributed by atoms with E-state index in [2.05, 4.69) is 10.6 Å². The predicted octanol–water partition coefficient (Wildman–Crippen LogP) is 2.28. The standard InChI is InChI=1S/C14H24F3N3O2/c1-10(11-6-4-3-5-7-11)19-13(22)18-8-12(21)20(2)9-14(15,16)17/h10-11H,3-9H2,1-2H3,(H2,18,19,22)/t10-/m0/s1. The molecule has 0 aliphatic heterocycles. The Balaban J connectivity index is 2.28. The van der Waals surface area contributed by atoms with E-state index in [1.54, 1.807) is 0 Å². The normalized spacial score (nSPS) is 17.7. The minimum absolute atomic E-state index is 0.0108. The van der Waals surface area contributed by atoms with E-state index in [-0.39, 0.29) is 6.04 Å². The van der Waals surface area contributed by atoms with Crippen LogP contribution in [0.15, 0.2) is 0 Å². The van der Waals surface area contributed by atoms with Crippen LogP contribution >= 0.6 is 0 Å². The SMILES string of the molecule is C[C@H](NC(=O)NCC(=O)N(C)CC(F)(F)F)C1CCCCC1. The molecule has 1 saturated carbocycles. The topological polar surface area (TPSA) is 61.4 Å². The maximum atomic E-state index is 12.1. The molecule has 1 fully saturated rings. The molecule has 0 radical (unpaired) electrons. The van der Waals surface area contributed by atoms with Crippen molar-refractivity contribution in [2.45, 2.75) is 51.2 Å². The van der Waals surface area contributed by atoms with Gasteiger partial charge in [0.1, 0.15) is 6.54 Å². The van der Waals surface area contributed by atoms with Gasteiger partial charge in [-0.3, -0.25) is 4.79 Å². The molecule has 0 bridgehead atoms. The Morgan fingerprint density at radius 1 is 1.23 bits per heavy atom. The lowest BCUT2D eigenvalue weighted by Crippen LogP contribution is -2.48. The second-order valence-corrected chi connectivity index (χ2v) is 5.88. The van der Waals surface area contributed by atoms with Crippen molar-refractivity contribution in [3.63, 3.8) is 0 Å². The molecule has 1 aliphatic carbocycles. The highest BCUT2D eigenvalue weighted by Crippen LogP contribution is 2.26. The number of halogens is 3. The van der Waals surface area contributed by atoms with Crippen molar-refractivity contribution < 1.29 is 22.8 Å². The fraction of sp³-hybridized carbons (Fsp3) is 0.857. The van der Waals surface area contributed by atoms with E-state index in [1.807, 2.05) is 6.92 Å². The molecule has 0 heterocycles. The van der Waals surface area contributed by atoms with Crippen LogP contribution < -0.4 is 10.6 Å². The number of hydrogen-bond acceptors (Lipinski definition) is 2. The number of amides is 3. The Labute approximate surface area is 128 Å². The number of alkyl halides is 3. The summed E-state index contributed by atoms with van der Waals surface area (Å²) in [7, 11) is 1.06. The van der Waals surface area contributed by atoms with Crippen LogP contribution in [0.2, 0.25) is 0 Å². The van der Waals surface area contributed by atoms with Gasteiger partial charge in [-0.05, 0) is 25.7 Å². The molecule has 5 nitrogen and oxygen atoms in total. The van der Waals surface area contributed by atoms with E-state index in [4.69, 9.17) is 0 Å². The maximum Gasteiger partial charge on any atom is 0.406 e. The van der Waals surface area contributed by atoms with Gasteiger partial charge >= 0.3 is 12.2 Å². The van der Waals surface area contributed by atoms with Crippen LogP contribution in [0, 0.1) is 5.92 Å². The summed E-state index contributed by atoms with van der Waals surface area (Å²) in [5.74, 6) is -0.360. The van der Waals surface area contributed by atoms with E-state index >= 15 is 0 Å². The van der Waals surface area contributed by atoms with E-state index in [9.17, 15) is 22.8 Å². The Morgan fingerprint density at radius 3 is 2.36 bits per heavy atom. The molecule has 1 atom stereocenters. The molecule has 0 spiro atoms. The van der Waals surface area contributed by atoms with Gasteiger partial charge in [0.15, 0.2) is 0 Å². The molecular formula is C14H24F3N3O2. The summed E-state index contributed by atoms with van der Waals surface area (Å²) in [4.78, 5) is 23.7. The van der Waals surface area contributed by atoms with Crippen molar-refractivity contribution in [1.82, 2.24) is 15.5 Å². The third-order valence-corrected chi connectivity index (χ3v) is 3.96. The van der Waals surface area contributed by atoms with Crippen molar-refractivity contribution in [2.24, 2.45) is 5.92 Å². The summed E-state index contributed by atoms with van der Waals surface area (Å²) in [6.45, 7) is 0.135. The van der Waals surface area contributed by atoms with Crippen LogP contribution in [0.1, 0.15) is 39.0 Å². The zero-order valence-corrected chi connectivity index (χ0v) is 13.0. The first kappa shape index (κ1) is 18.6. The van der Waals surface area contributed by atoms with Gasteiger partial charge in [-0.15, -0.1) is 0 Å². The van der Waals surface area contributed by atoms with Gasteiger partial charge in [0.2, 0.25) is 5.91 Å². The van der Waals surface area contributed by atoms with Crippen LogP contribution in [0.25, 0.3) is 0 Å². The van der Waals surface area contributed by atoms with Gasteiger partial charge in [-0.1, -0.05) is 19.3 Å². The number of urea groups is 1. The van der Waals surface area contributed by atoms with Gasteiger partial charge < -0.3 is 15.5 Å². The molecule has 0 aromatic carbocycles. The molecule has 1 aliphatic rings. The first-order valence-electron chi connectivity index (χ1n) is 7.54. The van der Waals surface area contributed by atoms with Crippen LogP contribution in [-0.2, 0) is 4.79 Å². The fourth-order valence-corrected chi connectivity index (χ4v) is 2.66. The van der Waals surface area contributed by atoms with Crippen molar-refractivity contribution in [2.75, 3.05) is 20.1 Å². The number of likely N-dealkylation sites (N-methyl/N-ethyl adjacent to an activating group) is 1. The number of carbonyl (C=O) groups excluding carboxylic acids is 2. The van der Waals surface area contributed by atoms with E-state index in [0.717, 1.165) is 32.7 Å². The lowest BCUT2D eigenvalue weighted by Gasteiger charge is -2.28. The summed E-state index contributed by atoms with van der Waals surface area (Å²) in [5.41, 5.74) is 0. The van der Waals surface area contributed by atoms with E-state index in [1.165, 1.54) is 6.42 Å². The molecule has 0 aromatic heterocycles. The van der Waals surface area contributed by atoms with E-state index < -0.39 is 31.2 Å². The highest BCUT2D eigenvalue weighted by Gasteiger charge is 2.31. The summed E-state index contributed by atoms with van der Waals surface area (Å²) >= 11 is 0. The average Bonchev–Trinajstić information content (AvgIpc) is 2.43. The number of hydrogen-bond donors (Lipinski definition) is 2. The van der Waals surface area contributed by atoms with Gasteiger partial charge in [0.25, 0.3) is 0 Å². The third-order valence-electron chi connectivity index (χ3n) is 3.96. The fourth-order valence-electron chi connectivity index (χ4n) is 2.66. The zero-order valence-electron chi connectivity index (χ0n) is 13.0. The maximum absolute atomic E-state index is 12.1. The molecule has 0 saturated heterocycles. The Kier molecular flexibility index (Phi) is 6.96. The number of nitrogens with zero attached hydrogens (tertiary/aromatic N) is 1. The van der Waals surface area contributed by atoms with Crippen LogP contribution in [0.4, 0.5) is 18.0 Å². The highest BCUT2D eigenvalue weighted by molar-refractivity contribution is 5.83. The lowest BCUT2D eigenvalue weighted by molar-refractivity contribution is -0.157. The third kappa shape index (κ3) is 7.00. The second kappa shape index (κ2) is 8.24. The molecular weight excluding hydrogens is 299 g/mol. The minimum atomic E-state index is -4.44. The first-order chi connectivity index (χ1) is 10.2. The minimum Gasteiger partial charge on any atom is -0.335 e. The largest absolute Gasteiger partial charge is 0.406 e. The molecule has 1 rings (SSSR count). The molecule has 128 valence electrons. The molecule has 8 heteroatoms. The Bertz CT molecular complexity index is 382. The summed E-state index contributed by atoms with van der Waals surface area (Å²) in [5, 5.41) is 5.06. The highest BCUT2D eigenvalue weighted by atomic mass is 19.4. The number of rotatable bonds is 5. The molecule has 0 aromatic rings. The summed E-state index contributed by atoms with van der Waals surface area (Å²) in [6.07, 6.45) is 1.21. The summed E-state index contributed by atoms with van der Waals surface area (Å²) < 4.78 is 36.4. The average molecular weight is 323 g/mol. The predicted molar refractivity (Wildman–Crippen MR) is 76.3 cm³/mol. The van der Waals surface area contributed by atoms with Crippen LogP contribution in [0.5, 0.6) is 0 Å². The van der Waals surface area contributed by atoms with Gasteiger partial charge in [-0.25, -0.2) is 4.79 Å². The van der Waals surface area contributed by atoms with Gasteiger partial charge in [0.05, 0.1) is 6.54 Å². The Hall–Kier alpha value is -1.47. The smallest absolute Gasteiger partial charge is 0.335 e. The monoisotopic (exact) mass is 323 g/mol. The van der Waals surface area contributed by atoms with Gasteiger partial charge in [-0.2, -0.15) is 13.2 Å². The quantitative estimate of drug-likeness (QED) is 0.815. The first-order valence-corrected chi connectivity index (χ1v) is 7.54. The molecule has 0 unspecified atom stereocenters. The molecule has 3 amide bonds. The number of nitrogens with one attached hydrogen (secondary N) is 2. The van der Waals surface area contributed by atoms with E-state index in [0.29, 0.717) is 10.8 Å². The van der Waals surface area contributed by atoms with Crippen LogP contribution in [0.3, 0.4) is 0 Å². The Morgan fingerprint density at radius 2 is 1.82 bits per heavy atom. The van der Waals surface area contributed by atoms with Crippen molar-refractivity contribution in [3.05, 3.63) is 0 Å².